The molecule has 0 unspecified atom stereocenters. The lowest BCUT2D eigenvalue weighted by atomic mass is 10.1. The molecule has 4 nitrogen and oxygen atoms in total. The van der Waals surface area contributed by atoms with Gasteiger partial charge in [-0.05, 0) is 12.8 Å². The van der Waals surface area contributed by atoms with E-state index in [1.165, 1.54) is 25.7 Å². The summed E-state index contributed by atoms with van der Waals surface area (Å²) in [5, 5.41) is 6.08. The third kappa shape index (κ3) is 5.74. The number of nitrogens with two attached hydrogens (primary N) is 1. The zero-order chi connectivity index (χ0) is 10.9. The van der Waals surface area contributed by atoms with Crippen molar-refractivity contribution >= 4 is 5.91 Å². The van der Waals surface area contributed by atoms with Gasteiger partial charge in [-0.15, -0.1) is 0 Å². The molecule has 0 atom stereocenters. The minimum absolute atomic E-state index is 0.107. The van der Waals surface area contributed by atoms with Crippen LogP contribution in [0.3, 0.4) is 0 Å². The number of hydrogen-bond donors (Lipinski definition) is 3. The van der Waals surface area contributed by atoms with Crippen molar-refractivity contribution < 1.29 is 4.79 Å². The third-order valence-corrected chi connectivity index (χ3v) is 2.83. The summed E-state index contributed by atoms with van der Waals surface area (Å²) < 4.78 is 0. The van der Waals surface area contributed by atoms with Crippen molar-refractivity contribution in [3.05, 3.63) is 0 Å². The van der Waals surface area contributed by atoms with E-state index in [1.807, 2.05) is 0 Å². The van der Waals surface area contributed by atoms with Crippen LogP contribution in [0, 0.1) is 0 Å². The van der Waals surface area contributed by atoms with E-state index in [0.29, 0.717) is 25.7 Å². The first-order valence-electron chi connectivity index (χ1n) is 6.03. The van der Waals surface area contributed by atoms with E-state index in [2.05, 4.69) is 10.6 Å². The molecule has 0 heterocycles. The smallest absolute Gasteiger partial charge is 0.234 e. The molecular weight excluding hydrogens is 190 g/mol. The van der Waals surface area contributed by atoms with Crippen molar-refractivity contribution in [2.24, 2.45) is 5.73 Å². The second kappa shape index (κ2) is 7.65. The summed E-state index contributed by atoms with van der Waals surface area (Å²) in [6.45, 7) is 1.68. The number of rotatable bonds is 5. The maximum absolute atomic E-state index is 11.5. The minimum Gasteiger partial charge on any atom is -0.352 e. The molecule has 88 valence electrons. The first-order chi connectivity index (χ1) is 7.33. The van der Waals surface area contributed by atoms with Crippen molar-refractivity contribution in [2.75, 3.05) is 19.6 Å². The Hall–Kier alpha value is -0.610. The largest absolute Gasteiger partial charge is 0.352 e. The van der Waals surface area contributed by atoms with Crippen molar-refractivity contribution in [2.45, 2.75) is 44.6 Å². The Morgan fingerprint density at radius 2 is 1.87 bits per heavy atom. The van der Waals surface area contributed by atoms with Crippen LogP contribution in [0.15, 0.2) is 0 Å². The van der Waals surface area contributed by atoms with E-state index in [0.717, 1.165) is 12.8 Å². The molecule has 15 heavy (non-hydrogen) atoms. The predicted octanol–water partition coefficient (Wildman–Crippen LogP) is 0.374. The van der Waals surface area contributed by atoms with E-state index in [4.69, 9.17) is 5.73 Å². The molecule has 4 heteroatoms. The van der Waals surface area contributed by atoms with Crippen LogP contribution in [0.1, 0.15) is 38.5 Å². The Balaban J connectivity index is 2.12. The standard InChI is InChI=1S/C11H23N3O/c12-7-8-13-9-11(15)14-10-5-3-1-2-4-6-10/h10,13H,1-9,12H2,(H,14,15). The quantitative estimate of drug-likeness (QED) is 0.457. The summed E-state index contributed by atoms with van der Waals surface area (Å²) in [7, 11) is 0. The number of carbonyl (C=O) groups is 1. The van der Waals surface area contributed by atoms with Gasteiger partial charge in [0.05, 0.1) is 6.54 Å². The van der Waals surface area contributed by atoms with Gasteiger partial charge in [0, 0.05) is 19.1 Å². The number of amides is 1. The van der Waals surface area contributed by atoms with Gasteiger partial charge in [-0.1, -0.05) is 25.7 Å². The minimum atomic E-state index is 0.107. The molecule has 0 aromatic carbocycles. The Labute approximate surface area is 92.0 Å². The highest BCUT2D eigenvalue weighted by Crippen LogP contribution is 2.16. The second-order valence-corrected chi connectivity index (χ2v) is 4.22. The van der Waals surface area contributed by atoms with Gasteiger partial charge in [-0.3, -0.25) is 4.79 Å². The predicted molar refractivity (Wildman–Crippen MR) is 61.6 cm³/mol. The van der Waals surface area contributed by atoms with Crippen LogP contribution in [-0.2, 0) is 4.79 Å². The summed E-state index contributed by atoms with van der Waals surface area (Å²) >= 11 is 0. The lowest BCUT2D eigenvalue weighted by Crippen LogP contribution is -2.41. The van der Waals surface area contributed by atoms with Crippen LogP contribution >= 0.6 is 0 Å². The van der Waals surface area contributed by atoms with Crippen LogP contribution in [0.25, 0.3) is 0 Å². The normalized spacial score (nSPS) is 18.5. The molecule has 0 bridgehead atoms. The highest BCUT2D eigenvalue weighted by molar-refractivity contribution is 5.78. The third-order valence-electron chi connectivity index (χ3n) is 2.83. The molecule has 1 aliphatic rings. The first kappa shape index (κ1) is 12.5. The average Bonchev–Trinajstić information content (AvgIpc) is 2.47. The maximum Gasteiger partial charge on any atom is 0.234 e. The van der Waals surface area contributed by atoms with Crippen molar-refractivity contribution in [3.63, 3.8) is 0 Å². The van der Waals surface area contributed by atoms with Crippen LogP contribution < -0.4 is 16.4 Å². The molecule has 1 rings (SSSR count). The Morgan fingerprint density at radius 1 is 1.20 bits per heavy atom. The summed E-state index contributed by atoms with van der Waals surface area (Å²) in [6.07, 6.45) is 7.42. The molecule has 1 fully saturated rings. The Bertz CT molecular complexity index is 177. The van der Waals surface area contributed by atoms with Gasteiger partial charge in [-0.2, -0.15) is 0 Å². The van der Waals surface area contributed by atoms with Gasteiger partial charge in [0.25, 0.3) is 0 Å². The fourth-order valence-corrected chi connectivity index (χ4v) is 2.01. The van der Waals surface area contributed by atoms with Crippen molar-refractivity contribution in [1.29, 1.82) is 0 Å². The van der Waals surface area contributed by atoms with Crippen molar-refractivity contribution in [3.8, 4) is 0 Å². The van der Waals surface area contributed by atoms with E-state index in [1.54, 1.807) is 0 Å². The fourth-order valence-electron chi connectivity index (χ4n) is 2.01. The van der Waals surface area contributed by atoms with Crippen LogP contribution in [0.2, 0.25) is 0 Å². The fraction of sp³-hybridized carbons (Fsp3) is 0.909. The highest BCUT2D eigenvalue weighted by atomic mass is 16.1. The molecule has 1 aliphatic carbocycles. The number of hydrogen-bond acceptors (Lipinski definition) is 3. The number of nitrogens with one attached hydrogen (secondary N) is 2. The zero-order valence-corrected chi connectivity index (χ0v) is 9.43. The molecule has 4 N–H and O–H groups in total. The average molecular weight is 213 g/mol. The molecule has 0 radical (unpaired) electrons. The zero-order valence-electron chi connectivity index (χ0n) is 9.43. The topological polar surface area (TPSA) is 67.1 Å². The molecule has 1 amide bonds. The molecule has 0 aromatic rings. The molecule has 0 spiro atoms. The Morgan fingerprint density at radius 3 is 2.47 bits per heavy atom. The maximum atomic E-state index is 11.5. The van der Waals surface area contributed by atoms with Gasteiger partial charge >= 0.3 is 0 Å². The van der Waals surface area contributed by atoms with E-state index < -0.39 is 0 Å². The van der Waals surface area contributed by atoms with Gasteiger partial charge in [0.15, 0.2) is 0 Å². The molecule has 1 saturated carbocycles. The summed E-state index contributed by atoms with van der Waals surface area (Å²) in [6, 6.07) is 0.402. The van der Waals surface area contributed by atoms with Crippen molar-refractivity contribution in [1.82, 2.24) is 10.6 Å². The summed E-state index contributed by atoms with van der Waals surface area (Å²) in [4.78, 5) is 11.5. The second-order valence-electron chi connectivity index (χ2n) is 4.22. The molecule has 0 aliphatic heterocycles. The van der Waals surface area contributed by atoms with E-state index in [9.17, 15) is 4.79 Å². The van der Waals surface area contributed by atoms with Crippen LogP contribution in [-0.4, -0.2) is 31.6 Å². The Kier molecular flexibility index (Phi) is 6.36. The van der Waals surface area contributed by atoms with E-state index in [-0.39, 0.29) is 5.91 Å². The van der Waals surface area contributed by atoms with Gasteiger partial charge < -0.3 is 16.4 Å². The molecule has 0 aromatic heterocycles. The molecule has 0 saturated heterocycles. The summed E-state index contributed by atoms with van der Waals surface area (Å²) in [5.74, 6) is 0.107. The van der Waals surface area contributed by atoms with Crippen LogP contribution in [0.4, 0.5) is 0 Å². The molecular formula is C11H23N3O. The highest BCUT2D eigenvalue weighted by Gasteiger charge is 2.13. The lowest BCUT2D eigenvalue weighted by molar-refractivity contribution is -0.121. The monoisotopic (exact) mass is 213 g/mol. The van der Waals surface area contributed by atoms with Gasteiger partial charge in [-0.25, -0.2) is 0 Å². The summed E-state index contributed by atoms with van der Waals surface area (Å²) in [5.41, 5.74) is 5.33. The van der Waals surface area contributed by atoms with Gasteiger partial charge in [0.2, 0.25) is 5.91 Å². The lowest BCUT2D eigenvalue weighted by Gasteiger charge is -2.16. The van der Waals surface area contributed by atoms with Crippen LogP contribution in [0.5, 0.6) is 0 Å². The van der Waals surface area contributed by atoms with E-state index >= 15 is 0 Å². The number of carbonyl (C=O) groups excluding carboxylic acids is 1. The first-order valence-corrected chi connectivity index (χ1v) is 6.03. The SMILES string of the molecule is NCCNCC(=O)NC1CCCCCC1. The van der Waals surface area contributed by atoms with Gasteiger partial charge in [0.1, 0.15) is 0 Å².